The summed E-state index contributed by atoms with van der Waals surface area (Å²) in [5, 5.41) is 2.95. The van der Waals surface area contributed by atoms with Crippen molar-refractivity contribution in [3.63, 3.8) is 0 Å². The van der Waals surface area contributed by atoms with E-state index >= 15 is 0 Å². The standard InChI is InChI=1S/C16H25NO3/c1-6-19-11-13-10-12(8-9-14(13)20-7-2)15(18)17-16(3,4)5/h8-10H,6-7,11H2,1-5H3,(H,17,18). The molecule has 0 bridgehead atoms. The lowest BCUT2D eigenvalue weighted by Crippen LogP contribution is -2.40. The Labute approximate surface area is 121 Å². The Morgan fingerprint density at radius 2 is 1.90 bits per heavy atom. The summed E-state index contributed by atoms with van der Waals surface area (Å²) in [7, 11) is 0. The van der Waals surface area contributed by atoms with Gasteiger partial charge in [-0.15, -0.1) is 0 Å². The monoisotopic (exact) mass is 279 g/mol. The molecule has 1 rings (SSSR count). The van der Waals surface area contributed by atoms with E-state index in [4.69, 9.17) is 9.47 Å². The Morgan fingerprint density at radius 3 is 2.45 bits per heavy atom. The van der Waals surface area contributed by atoms with Crippen LogP contribution in [0, 0.1) is 0 Å². The van der Waals surface area contributed by atoms with E-state index in [2.05, 4.69) is 5.32 Å². The van der Waals surface area contributed by atoms with Gasteiger partial charge >= 0.3 is 0 Å². The molecule has 1 aromatic rings. The fraction of sp³-hybridized carbons (Fsp3) is 0.562. The van der Waals surface area contributed by atoms with Gasteiger partial charge in [0.25, 0.3) is 5.91 Å². The minimum absolute atomic E-state index is 0.0849. The van der Waals surface area contributed by atoms with Gasteiger partial charge in [0, 0.05) is 23.3 Å². The van der Waals surface area contributed by atoms with Gasteiger partial charge in [-0.1, -0.05) is 0 Å². The molecule has 1 amide bonds. The molecule has 0 saturated carbocycles. The van der Waals surface area contributed by atoms with Gasteiger partial charge in [0.1, 0.15) is 5.75 Å². The summed E-state index contributed by atoms with van der Waals surface area (Å²) in [6, 6.07) is 5.44. The maximum absolute atomic E-state index is 12.2. The highest BCUT2D eigenvalue weighted by atomic mass is 16.5. The number of amides is 1. The highest BCUT2D eigenvalue weighted by Gasteiger charge is 2.16. The van der Waals surface area contributed by atoms with E-state index in [1.165, 1.54) is 0 Å². The van der Waals surface area contributed by atoms with Gasteiger partial charge in [-0.05, 0) is 52.8 Å². The molecule has 0 radical (unpaired) electrons. The molecular formula is C16H25NO3. The summed E-state index contributed by atoms with van der Waals surface area (Å²) < 4.78 is 11.0. The van der Waals surface area contributed by atoms with Gasteiger partial charge in [-0.25, -0.2) is 0 Å². The van der Waals surface area contributed by atoms with Crippen molar-refractivity contribution in [1.29, 1.82) is 0 Å². The number of nitrogens with one attached hydrogen (secondary N) is 1. The van der Waals surface area contributed by atoms with E-state index in [9.17, 15) is 4.79 Å². The first-order valence-corrected chi connectivity index (χ1v) is 7.03. The maximum atomic E-state index is 12.2. The number of carbonyl (C=O) groups excluding carboxylic acids is 1. The average Bonchev–Trinajstić information content (AvgIpc) is 2.35. The van der Waals surface area contributed by atoms with E-state index in [1.54, 1.807) is 6.07 Å². The number of carbonyl (C=O) groups is 1. The van der Waals surface area contributed by atoms with Crippen molar-refractivity contribution in [3.05, 3.63) is 29.3 Å². The van der Waals surface area contributed by atoms with E-state index in [0.29, 0.717) is 25.4 Å². The molecule has 1 aromatic carbocycles. The molecule has 0 aromatic heterocycles. The van der Waals surface area contributed by atoms with Crippen LogP contribution in [0.4, 0.5) is 0 Å². The van der Waals surface area contributed by atoms with Crippen molar-refractivity contribution < 1.29 is 14.3 Å². The molecule has 4 nitrogen and oxygen atoms in total. The van der Waals surface area contributed by atoms with Crippen LogP contribution >= 0.6 is 0 Å². The second-order valence-corrected chi connectivity index (χ2v) is 5.60. The molecule has 20 heavy (non-hydrogen) atoms. The molecule has 0 saturated heterocycles. The summed E-state index contributed by atoms with van der Waals surface area (Å²) in [5.41, 5.74) is 1.27. The van der Waals surface area contributed by atoms with Gasteiger partial charge in [0.05, 0.1) is 13.2 Å². The molecule has 112 valence electrons. The third-order valence-electron chi connectivity index (χ3n) is 2.57. The quantitative estimate of drug-likeness (QED) is 0.870. The van der Waals surface area contributed by atoms with E-state index in [0.717, 1.165) is 11.3 Å². The van der Waals surface area contributed by atoms with E-state index in [1.807, 2.05) is 46.8 Å². The van der Waals surface area contributed by atoms with Crippen molar-refractivity contribution in [2.24, 2.45) is 0 Å². The van der Waals surface area contributed by atoms with Gasteiger partial charge in [-0.3, -0.25) is 4.79 Å². The second kappa shape index (κ2) is 7.29. The zero-order valence-electron chi connectivity index (χ0n) is 13.1. The van der Waals surface area contributed by atoms with Crippen molar-refractivity contribution in [2.75, 3.05) is 13.2 Å². The number of ether oxygens (including phenoxy) is 2. The molecule has 0 aliphatic rings. The van der Waals surface area contributed by atoms with Gasteiger partial charge in [0.2, 0.25) is 0 Å². The summed E-state index contributed by atoms with van der Waals surface area (Å²) in [5.74, 6) is 0.687. The highest BCUT2D eigenvalue weighted by Crippen LogP contribution is 2.21. The van der Waals surface area contributed by atoms with Crippen molar-refractivity contribution in [3.8, 4) is 5.75 Å². The Balaban J connectivity index is 2.95. The van der Waals surface area contributed by atoms with Crippen LogP contribution in [0.2, 0.25) is 0 Å². The highest BCUT2D eigenvalue weighted by molar-refractivity contribution is 5.95. The molecule has 1 N–H and O–H groups in total. The Bertz CT molecular complexity index is 450. The largest absolute Gasteiger partial charge is 0.494 e. The van der Waals surface area contributed by atoms with E-state index < -0.39 is 0 Å². The zero-order chi connectivity index (χ0) is 15.2. The molecule has 0 fully saturated rings. The number of benzene rings is 1. The smallest absolute Gasteiger partial charge is 0.251 e. The van der Waals surface area contributed by atoms with Gasteiger partial charge in [0.15, 0.2) is 0 Å². The maximum Gasteiger partial charge on any atom is 0.251 e. The van der Waals surface area contributed by atoms with Crippen LogP contribution in [0.15, 0.2) is 18.2 Å². The SMILES string of the molecule is CCOCc1cc(C(=O)NC(C)(C)C)ccc1OCC. The van der Waals surface area contributed by atoms with Crippen LogP contribution in [-0.4, -0.2) is 24.7 Å². The van der Waals surface area contributed by atoms with Crippen LogP contribution < -0.4 is 10.1 Å². The van der Waals surface area contributed by atoms with Crippen LogP contribution in [-0.2, 0) is 11.3 Å². The minimum atomic E-state index is -0.254. The number of hydrogen-bond donors (Lipinski definition) is 1. The lowest BCUT2D eigenvalue weighted by molar-refractivity contribution is 0.0919. The Hall–Kier alpha value is -1.55. The molecule has 0 aliphatic heterocycles. The first-order chi connectivity index (χ1) is 9.37. The molecule has 4 heteroatoms. The topological polar surface area (TPSA) is 47.6 Å². The van der Waals surface area contributed by atoms with Crippen molar-refractivity contribution in [2.45, 2.75) is 46.8 Å². The van der Waals surface area contributed by atoms with E-state index in [-0.39, 0.29) is 11.4 Å². The van der Waals surface area contributed by atoms with Crippen molar-refractivity contribution in [1.82, 2.24) is 5.32 Å². The van der Waals surface area contributed by atoms with Gasteiger partial charge < -0.3 is 14.8 Å². The summed E-state index contributed by atoms with van der Waals surface area (Å²) in [4.78, 5) is 12.2. The fourth-order valence-corrected chi connectivity index (χ4v) is 1.75. The summed E-state index contributed by atoms with van der Waals surface area (Å²) >= 11 is 0. The van der Waals surface area contributed by atoms with Crippen LogP contribution in [0.25, 0.3) is 0 Å². The first-order valence-electron chi connectivity index (χ1n) is 7.03. The lowest BCUT2D eigenvalue weighted by Gasteiger charge is -2.21. The molecule has 0 heterocycles. The second-order valence-electron chi connectivity index (χ2n) is 5.60. The molecular weight excluding hydrogens is 254 g/mol. The molecule has 0 spiro atoms. The van der Waals surface area contributed by atoms with Crippen LogP contribution in [0.3, 0.4) is 0 Å². The lowest BCUT2D eigenvalue weighted by atomic mass is 10.1. The minimum Gasteiger partial charge on any atom is -0.494 e. The molecule has 0 unspecified atom stereocenters. The normalized spacial score (nSPS) is 11.2. The third-order valence-corrected chi connectivity index (χ3v) is 2.57. The van der Waals surface area contributed by atoms with Crippen LogP contribution in [0.5, 0.6) is 5.75 Å². The third kappa shape index (κ3) is 5.21. The Kier molecular flexibility index (Phi) is 6.02. The first kappa shape index (κ1) is 16.5. The number of rotatable bonds is 6. The van der Waals surface area contributed by atoms with Gasteiger partial charge in [-0.2, -0.15) is 0 Å². The molecule has 0 atom stereocenters. The predicted molar refractivity (Wildman–Crippen MR) is 80.2 cm³/mol. The molecule has 0 aliphatic carbocycles. The Morgan fingerprint density at radius 1 is 1.20 bits per heavy atom. The van der Waals surface area contributed by atoms with Crippen molar-refractivity contribution >= 4 is 5.91 Å². The zero-order valence-corrected chi connectivity index (χ0v) is 13.1. The number of hydrogen-bond acceptors (Lipinski definition) is 3. The fourth-order valence-electron chi connectivity index (χ4n) is 1.75. The predicted octanol–water partition coefficient (Wildman–Crippen LogP) is 3.15. The summed E-state index contributed by atoms with van der Waals surface area (Å²) in [6.07, 6.45) is 0. The average molecular weight is 279 g/mol. The summed E-state index contributed by atoms with van der Waals surface area (Å²) in [6.45, 7) is 11.4. The van der Waals surface area contributed by atoms with Crippen LogP contribution in [0.1, 0.15) is 50.5 Å².